The van der Waals surface area contributed by atoms with Gasteiger partial charge in [-0.3, -0.25) is 4.79 Å². The molecule has 1 amide bonds. The summed E-state index contributed by atoms with van der Waals surface area (Å²) in [7, 11) is 0. The van der Waals surface area contributed by atoms with Crippen LogP contribution >= 0.6 is 0 Å². The summed E-state index contributed by atoms with van der Waals surface area (Å²) in [5.74, 6) is 0.655. The molecular weight excluding hydrogens is 214 g/mol. The highest BCUT2D eigenvalue weighted by atomic mass is 16.5. The monoisotopic (exact) mass is 233 g/mol. The Morgan fingerprint density at radius 2 is 2.18 bits per heavy atom. The minimum atomic E-state index is -0.0359. The Morgan fingerprint density at radius 3 is 2.88 bits per heavy atom. The van der Waals surface area contributed by atoms with Gasteiger partial charge in [-0.05, 0) is 29.5 Å². The number of amides is 1. The maximum Gasteiger partial charge on any atom is 0.255 e. The zero-order valence-electron chi connectivity index (χ0n) is 10.7. The maximum atomic E-state index is 11.9. The lowest BCUT2D eigenvalue weighted by Gasteiger charge is -2.24. The Labute approximate surface area is 102 Å². The minimum Gasteiger partial charge on any atom is -0.491 e. The van der Waals surface area contributed by atoms with Gasteiger partial charge in [0.15, 0.2) is 0 Å². The van der Waals surface area contributed by atoms with Crippen LogP contribution in [0.4, 0.5) is 0 Å². The van der Waals surface area contributed by atoms with Crippen molar-refractivity contribution in [1.29, 1.82) is 0 Å². The van der Waals surface area contributed by atoms with Gasteiger partial charge in [-0.2, -0.15) is 0 Å². The molecule has 0 atom stereocenters. The van der Waals surface area contributed by atoms with Crippen LogP contribution in [-0.2, 0) is 5.41 Å². The fourth-order valence-corrected chi connectivity index (χ4v) is 1.88. The molecule has 0 aliphatic carbocycles. The summed E-state index contributed by atoms with van der Waals surface area (Å²) in [6.07, 6.45) is 1.04. The summed E-state index contributed by atoms with van der Waals surface area (Å²) >= 11 is 0. The number of hydrogen-bond donors (Lipinski definition) is 1. The van der Waals surface area contributed by atoms with Gasteiger partial charge in [0.1, 0.15) is 12.4 Å². The number of hydrogen-bond acceptors (Lipinski definition) is 2. The number of ether oxygens (including phenoxy) is 1. The summed E-state index contributed by atoms with van der Waals surface area (Å²) < 4.78 is 5.54. The molecule has 0 bridgehead atoms. The van der Waals surface area contributed by atoms with E-state index in [4.69, 9.17) is 4.74 Å². The Kier molecular flexibility index (Phi) is 3.09. The maximum absolute atomic E-state index is 11.9. The average Bonchev–Trinajstić information content (AvgIpc) is 2.51. The van der Waals surface area contributed by atoms with Crippen molar-refractivity contribution in [1.82, 2.24) is 5.32 Å². The van der Waals surface area contributed by atoms with E-state index in [1.807, 2.05) is 12.1 Å². The van der Waals surface area contributed by atoms with Crippen molar-refractivity contribution in [2.75, 3.05) is 13.2 Å². The molecule has 0 unspecified atom stereocenters. The number of nitrogens with one attached hydrogen (secondary N) is 1. The van der Waals surface area contributed by atoms with E-state index in [0.717, 1.165) is 6.42 Å². The lowest BCUT2D eigenvalue weighted by molar-refractivity contribution is 0.0957. The third kappa shape index (κ3) is 2.28. The smallest absolute Gasteiger partial charge is 0.255 e. The third-order valence-electron chi connectivity index (χ3n) is 3.53. The van der Waals surface area contributed by atoms with Gasteiger partial charge in [0.05, 0.1) is 12.1 Å². The highest BCUT2D eigenvalue weighted by molar-refractivity contribution is 5.97. The largest absolute Gasteiger partial charge is 0.491 e. The molecule has 0 fully saturated rings. The van der Waals surface area contributed by atoms with Gasteiger partial charge in [0.25, 0.3) is 5.91 Å². The molecule has 1 heterocycles. The van der Waals surface area contributed by atoms with Crippen molar-refractivity contribution in [2.45, 2.75) is 32.6 Å². The first-order valence-electron chi connectivity index (χ1n) is 6.10. The quantitative estimate of drug-likeness (QED) is 0.852. The van der Waals surface area contributed by atoms with E-state index in [1.165, 1.54) is 5.56 Å². The first-order valence-corrected chi connectivity index (χ1v) is 6.10. The van der Waals surface area contributed by atoms with Crippen molar-refractivity contribution in [3.8, 4) is 5.75 Å². The van der Waals surface area contributed by atoms with E-state index in [-0.39, 0.29) is 11.3 Å². The van der Waals surface area contributed by atoms with Gasteiger partial charge in [0.2, 0.25) is 0 Å². The van der Waals surface area contributed by atoms with E-state index in [9.17, 15) is 4.79 Å². The van der Waals surface area contributed by atoms with E-state index in [2.05, 4.69) is 32.2 Å². The lowest BCUT2D eigenvalue weighted by Crippen LogP contribution is -2.25. The van der Waals surface area contributed by atoms with Crippen molar-refractivity contribution in [3.05, 3.63) is 29.3 Å². The number of rotatable bonds is 2. The summed E-state index contributed by atoms with van der Waals surface area (Å²) in [5, 5.41) is 2.83. The predicted octanol–water partition coefficient (Wildman–Crippen LogP) is 2.50. The molecule has 1 aromatic rings. The van der Waals surface area contributed by atoms with E-state index in [1.54, 1.807) is 0 Å². The van der Waals surface area contributed by atoms with Gasteiger partial charge < -0.3 is 10.1 Å². The number of benzene rings is 1. The molecule has 2 rings (SSSR count). The highest BCUT2D eigenvalue weighted by Gasteiger charge is 2.22. The van der Waals surface area contributed by atoms with Crippen LogP contribution in [0.5, 0.6) is 5.75 Å². The Bertz CT molecular complexity index is 438. The first kappa shape index (κ1) is 12.0. The van der Waals surface area contributed by atoms with Crippen LogP contribution in [0.2, 0.25) is 0 Å². The molecule has 0 saturated carbocycles. The second-order valence-corrected chi connectivity index (χ2v) is 5.05. The van der Waals surface area contributed by atoms with Crippen LogP contribution < -0.4 is 10.1 Å². The summed E-state index contributed by atoms with van der Waals surface area (Å²) in [5.41, 5.74) is 1.92. The standard InChI is InChI=1S/C14H19NO2/c1-4-14(2,3)10-5-6-12-11(9-10)13(16)15-7-8-17-12/h5-6,9H,4,7-8H2,1-3H3,(H,15,16). The predicted molar refractivity (Wildman–Crippen MR) is 67.6 cm³/mol. The van der Waals surface area contributed by atoms with Gasteiger partial charge in [-0.15, -0.1) is 0 Å². The minimum absolute atomic E-state index is 0.0359. The van der Waals surface area contributed by atoms with Crippen LogP contribution in [0.15, 0.2) is 18.2 Å². The van der Waals surface area contributed by atoms with E-state index < -0.39 is 0 Å². The Morgan fingerprint density at radius 1 is 1.41 bits per heavy atom. The zero-order valence-corrected chi connectivity index (χ0v) is 10.7. The van der Waals surface area contributed by atoms with Crippen molar-refractivity contribution in [2.24, 2.45) is 0 Å². The molecule has 0 spiro atoms. The molecule has 1 aromatic carbocycles. The Balaban J connectivity index is 2.45. The number of carbonyl (C=O) groups excluding carboxylic acids is 1. The van der Waals surface area contributed by atoms with Crippen molar-refractivity contribution >= 4 is 5.91 Å². The van der Waals surface area contributed by atoms with Gasteiger partial charge in [-0.1, -0.05) is 26.8 Å². The average molecular weight is 233 g/mol. The molecule has 0 aromatic heterocycles. The van der Waals surface area contributed by atoms with E-state index in [0.29, 0.717) is 24.5 Å². The first-order chi connectivity index (χ1) is 8.04. The molecule has 0 saturated heterocycles. The van der Waals surface area contributed by atoms with Crippen LogP contribution in [0, 0.1) is 0 Å². The molecule has 1 aliphatic heterocycles. The van der Waals surface area contributed by atoms with Gasteiger partial charge >= 0.3 is 0 Å². The van der Waals surface area contributed by atoms with Crippen molar-refractivity contribution in [3.63, 3.8) is 0 Å². The van der Waals surface area contributed by atoms with Crippen molar-refractivity contribution < 1.29 is 9.53 Å². The number of carbonyl (C=O) groups is 1. The second kappa shape index (κ2) is 4.40. The lowest BCUT2D eigenvalue weighted by atomic mass is 9.81. The Hall–Kier alpha value is -1.51. The fourth-order valence-electron chi connectivity index (χ4n) is 1.88. The molecule has 92 valence electrons. The molecule has 3 heteroatoms. The SMILES string of the molecule is CCC(C)(C)c1ccc2c(c1)C(=O)NCCO2. The topological polar surface area (TPSA) is 38.3 Å². The molecule has 3 nitrogen and oxygen atoms in total. The fraction of sp³-hybridized carbons (Fsp3) is 0.500. The molecule has 17 heavy (non-hydrogen) atoms. The van der Waals surface area contributed by atoms with Gasteiger partial charge in [-0.25, -0.2) is 0 Å². The highest BCUT2D eigenvalue weighted by Crippen LogP contribution is 2.31. The molecule has 1 aliphatic rings. The van der Waals surface area contributed by atoms with Crippen LogP contribution in [0.25, 0.3) is 0 Å². The molecule has 1 N–H and O–H groups in total. The summed E-state index contributed by atoms with van der Waals surface area (Å²) in [4.78, 5) is 11.9. The van der Waals surface area contributed by atoms with Crippen LogP contribution in [-0.4, -0.2) is 19.1 Å². The normalized spacial score (nSPS) is 15.6. The van der Waals surface area contributed by atoms with Crippen LogP contribution in [0.3, 0.4) is 0 Å². The van der Waals surface area contributed by atoms with Crippen LogP contribution in [0.1, 0.15) is 43.1 Å². The molecular formula is C14H19NO2. The number of fused-ring (bicyclic) bond motifs is 1. The second-order valence-electron chi connectivity index (χ2n) is 5.05. The molecule has 0 radical (unpaired) electrons. The summed E-state index contributed by atoms with van der Waals surface area (Å²) in [6, 6.07) is 5.92. The van der Waals surface area contributed by atoms with E-state index >= 15 is 0 Å². The summed E-state index contributed by atoms with van der Waals surface area (Å²) in [6.45, 7) is 7.63. The zero-order chi connectivity index (χ0) is 12.5. The third-order valence-corrected chi connectivity index (χ3v) is 3.53. The van der Waals surface area contributed by atoms with Gasteiger partial charge in [0, 0.05) is 0 Å².